The molecule has 0 bridgehead atoms. The molecule has 0 aromatic carbocycles. The maximum Gasteiger partial charge on any atom is 0.346 e. The second kappa shape index (κ2) is 6.49. The lowest BCUT2D eigenvalue weighted by Crippen LogP contribution is -2.44. The Morgan fingerprint density at radius 3 is 2.83 bits per heavy atom. The van der Waals surface area contributed by atoms with E-state index in [-0.39, 0.29) is 11.7 Å². The van der Waals surface area contributed by atoms with Crippen molar-refractivity contribution >= 4 is 0 Å². The molecular formula is C17H23N5O2. The van der Waals surface area contributed by atoms with Gasteiger partial charge in [0.2, 0.25) is 0 Å². The van der Waals surface area contributed by atoms with E-state index in [4.69, 9.17) is 0 Å². The zero-order valence-electron chi connectivity index (χ0n) is 13.7. The molecule has 4 rings (SSSR count). The molecule has 2 aliphatic rings. The predicted octanol–water partition coefficient (Wildman–Crippen LogP) is 0.780. The van der Waals surface area contributed by atoms with E-state index < -0.39 is 6.23 Å². The van der Waals surface area contributed by atoms with Crippen LogP contribution in [0.3, 0.4) is 0 Å². The molecule has 1 fully saturated rings. The van der Waals surface area contributed by atoms with Gasteiger partial charge in [0.25, 0.3) is 0 Å². The Bertz CT molecular complexity index is 748. The van der Waals surface area contributed by atoms with E-state index in [9.17, 15) is 9.90 Å². The second-order valence-corrected chi connectivity index (χ2v) is 6.66. The third-order valence-corrected chi connectivity index (χ3v) is 5.07. The number of fused-ring (bicyclic) bond motifs is 1. The molecule has 2 aromatic heterocycles. The van der Waals surface area contributed by atoms with Crippen LogP contribution >= 0.6 is 0 Å². The molecule has 2 unspecified atom stereocenters. The zero-order valence-corrected chi connectivity index (χ0v) is 13.7. The van der Waals surface area contributed by atoms with Crippen molar-refractivity contribution in [2.75, 3.05) is 13.1 Å². The van der Waals surface area contributed by atoms with Crippen molar-refractivity contribution in [2.24, 2.45) is 0 Å². The number of likely N-dealkylation sites (tertiary alicyclic amines) is 1. The Kier molecular flexibility index (Phi) is 4.20. The van der Waals surface area contributed by atoms with Gasteiger partial charge in [-0.2, -0.15) is 5.10 Å². The van der Waals surface area contributed by atoms with Crippen molar-refractivity contribution in [1.82, 2.24) is 24.2 Å². The fourth-order valence-corrected chi connectivity index (χ4v) is 3.85. The highest BCUT2D eigenvalue weighted by molar-refractivity contribution is 5.05. The largest absolute Gasteiger partial charge is 0.376 e. The monoisotopic (exact) mass is 329 g/mol. The van der Waals surface area contributed by atoms with Crippen LogP contribution < -0.4 is 5.69 Å². The standard InChI is InChI=1S/C17H23N5O2/c23-16(20-10-3-4-11-20)14-7-5-8-15-19-21(17(24)22(14)15)12-13-6-1-2-9-18-13/h1-2,6,9,14,16,23H,3-5,7-8,10-12H2. The number of nitrogens with zero attached hydrogens (tertiary/aromatic N) is 5. The van der Waals surface area contributed by atoms with Crippen LogP contribution in [0.1, 0.15) is 43.2 Å². The Hall–Kier alpha value is -1.99. The van der Waals surface area contributed by atoms with Crippen LogP contribution in [0.5, 0.6) is 0 Å². The minimum atomic E-state index is -0.600. The highest BCUT2D eigenvalue weighted by Crippen LogP contribution is 2.28. The first-order valence-electron chi connectivity index (χ1n) is 8.74. The molecule has 2 aliphatic heterocycles. The molecule has 24 heavy (non-hydrogen) atoms. The van der Waals surface area contributed by atoms with Gasteiger partial charge in [-0.15, -0.1) is 0 Å². The highest BCUT2D eigenvalue weighted by atomic mass is 16.3. The SMILES string of the molecule is O=c1n(Cc2ccccn2)nc2n1C(C(O)N1CCCC1)CCC2. The average molecular weight is 329 g/mol. The van der Waals surface area contributed by atoms with Gasteiger partial charge in [0.15, 0.2) is 0 Å². The Labute approximate surface area is 140 Å². The van der Waals surface area contributed by atoms with Gasteiger partial charge in [0, 0.05) is 25.7 Å². The third kappa shape index (κ3) is 2.78. The van der Waals surface area contributed by atoms with Gasteiger partial charge in [-0.3, -0.25) is 14.5 Å². The van der Waals surface area contributed by atoms with Crippen LogP contribution in [-0.4, -0.2) is 48.7 Å². The minimum absolute atomic E-state index is 0.140. The Morgan fingerprint density at radius 2 is 2.08 bits per heavy atom. The lowest BCUT2D eigenvalue weighted by molar-refractivity contribution is -0.0293. The third-order valence-electron chi connectivity index (χ3n) is 5.07. The highest BCUT2D eigenvalue weighted by Gasteiger charge is 2.34. The molecule has 4 heterocycles. The molecule has 7 nitrogen and oxygen atoms in total. The first kappa shape index (κ1) is 15.5. The number of aliphatic hydroxyl groups excluding tert-OH is 1. The molecule has 0 saturated carbocycles. The van der Waals surface area contributed by atoms with Crippen LogP contribution in [-0.2, 0) is 13.0 Å². The van der Waals surface area contributed by atoms with Crippen LogP contribution in [0.15, 0.2) is 29.2 Å². The van der Waals surface area contributed by atoms with Gasteiger partial charge in [-0.25, -0.2) is 9.48 Å². The summed E-state index contributed by atoms with van der Waals surface area (Å²) in [5.41, 5.74) is 0.672. The maximum absolute atomic E-state index is 12.9. The number of aromatic nitrogens is 4. The fraction of sp³-hybridized carbons (Fsp3) is 0.588. The summed E-state index contributed by atoms with van der Waals surface area (Å²) >= 11 is 0. The van der Waals surface area contributed by atoms with Gasteiger partial charge in [-0.05, 0) is 37.8 Å². The zero-order chi connectivity index (χ0) is 16.5. The van der Waals surface area contributed by atoms with Gasteiger partial charge < -0.3 is 5.11 Å². The summed E-state index contributed by atoms with van der Waals surface area (Å²) in [6.07, 6.45) is 5.91. The molecule has 1 N–H and O–H groups in total. The van der Waals surface area contributed by atoms with Crippen molar-refractivity contribution < 1.29 is 5.11 Å². The Morgan fingerprint density at radius 1 is 1.25 bits per heavy atom. The lowest BCUT2D eigenvalue weighted by Gasteiger charge is -2.33. The number of aliphatic hydroxyl groups is 1. The van der Waals surface area contributed by atoms with Crippen LogP contribution in [0, 0.1) is 0 Å². The molecule has 0 spiro atoms. The number of rotatable bonds is 4. The molecule has 0 radical (unpaired) electrons. The van der Waals surface area contributed by atoms with Gasteiger partial charge in [-0.1, -0.05) is 6.07 Å². The number of pyridine rings is 1. The van der Waals surface area contributed by atoms with Crippen molar-refractivity contribution in [3.05, 3.63) is 46.4 Å². The summed E-state index contributed by atoms with van der Waals surface area (Å²) in [6, 6.07) is 5.45. The van der Waals surface area contributed by atoms with E-state index in [0.29, 0.717) is 6.54 Å². The molecule has 0 amide bonds. The lowest BCUT2D eigenvalue weighted by atomic mass is 10.0. The fourth-order valence-electron chi connectivity index (χ4n) is 3.85. The summed E-state index contributed by atoms with van der Waals surface area (Å²) in [6.45, 7) is 2.18. The van der Waals surface area contributed by atoms with Crippen molar-refractivity contribution in [1.29, 1.82) is 0 Å². The molecule has 2 aromatic rings. The smallest absolute Gasteiger partial charge is 0.346 e. The molecule has 7 heteroatoms. The van der Waals surface area contributed by atoms with Crippen molar-refractivity contribution in [2.45, 2.75) is 50.9 Å². The molecule has 1 saturated heterocycles. The van der Waals surface area contributed by atoms with E-state index in [1.54, 1.807) is 10.8 Å². The summed E-state index contributed by atoms with van der Waals surface area (Å²) in [5.74, 6) is 0.783. The molecule has 0 aliphatic carbocycles. The van der Waals surface area contributed by atoms with Crippen LogP contribution in [0.4, 0.5) is 0 Å². The van der Waals surface area contributed by atoms with Crippen molar-refractivity contribution in [3.63, 3.8) is 0 Å². The van der Waals surface area contributed by atoms with E-state index in [2.05, 4.69) is 15.0 Å². The van der Waals surface area contributed by atoms with Crippen molar-refractivity contribution in [3.8, 4) is 0 Å². The minimum Gasteiger partial charge on any atom is -0.376 e. The van der Waals surface area contributed by atoms with E-state index in [0.717, 1.165) is 56.7 Å². The van der Waals surface area contributed by atoms with E-state index >= 15 is 0 Å². The normalized spacial score (nSPS) is 22.5. The second-order valence-electron chi connectivity index (χ2n) is 6.66. The summed E-state index contributed by atoms with van der Waals surface area (Å²) in [4.78, 5) is 19.2. The maximum atomic E-state index is 12.9. The number of hydrogen-bond acceptors (Lipinski definition) is 5. The molecular weight excluding hydrogens is 306 g/mol. The van der Waals surface area contributed by atoms with Crippen LogP contribution in [0.2, 0.25) is 0 Å². The molecule has 128 valence electrons. The quantitative estimate of drug-likeness (QED) is 0.897. The molecule has 2 atom stereocenters. The summed E-state index contributed by atoms with van der Waals surface area (Å²) in [7, 11) is 0. The van der Waals surface area contributed by atoms with Gasteiger partial charge >= 0.3 is 5.69 Å². The van der Waals surface area contributed by atoms with Gasteiger partial charge in [0.1, 0.15) is 12.1 Å². The first-order chi connectivity index (χ1) is 11.7. The van der Waals surface area contributed by atoms with E-state index in [1.165, 1.54) is 4.68 Å². The summed E-state index contributed by atoms with van der Waals surface area (Å²) < 4.78 is 3.20. The predicted molar refractivity (Wildman–Crippen MR) is 88.6 cm³/mol. The number of hydrogen-bond donors (Lipinski definition) is 1. The summed E-state index contributed by atoms with van der Waals surface area (Å²) in [5, 5.41) is 15.3. The van der Waals surface area contributed by atoms with Crippen LogP contribution in [0.25, 0.3) is 0 Å². The topological polar surface area (TPSA) is 76.2 Å². The van der Waals surface area contributed by atoms with E-state index in [1.807, 2.05) is 18.2 Å². The Balaban J connectivity index is 1.64. The number of aryl methyl sites for hydroxylation is 1. The van der Waals surface area contributed by atoms with Gasteiger partial charge in [0.05, 0.1) is 18.3 Å². The first-order valence-corrected chi connectivity index (χ1v) is 8.74. The average Bonchev–Trinajstić information content (AvgIpc) is 3.24.